The molecule has 0 amide bonds. The smallest absolute Gasteiger partial charge is 0.0462 e. The van der Waals surface area contributed by atoms with E-state index in [4.69, 9.17) is 0 Å². The van der Waals surface area contributed by atoms with Crippen LogP contribution in [0.4, 0.5) is 0 Å². The van der Waals surface area contributed by atoms with Gasteiger partial charge in [-0.1, -0.05) is 113 Å². The third-order valence-electron chi connectivity index (χ3n) is 7.90. The Labute approximate surface area is 220 Å². The SMILES string of the molecule is Cc1ccc2c3c([nH]c2c1)C1C=CC(=C(c2ccccc2)c2ccccc2)C1C3c1ccc(Br)cc1. The lowest BCUT2D eigenvalue weighted by atomic mass is 9.77. The second kappa shape index (κ2) is 8.50. The van der Waals surface area contributed by atoms with E-state index in [2.05, 4.69) is 143 Å². The summed E-state index contributed by atoms with van der Waals surface area (Å²) in [6.07, 6.45) is 4.84. The van der Waals surface area contributed by atoms with Crippen molar-refractivity contribution in [1.29, 1.82) is 0 Å². The molecule has 0 saturated heterocycles. The third kappa shape index (κ3) is 3.36. The van der Waals surface area contributed by atoms with Crippen molar-refractivity contribution in [3.8, 4) is 0 Å². The molecule has 2 aliphatic carbocycles. The molecule has 0 saturated carbocycles. The van der Waals surface area contributed by atoms with Gasteiger partial charge in [-0.25, -0.2) is 0 Å². The summed E-state index contributed by atoms with van der Waals surface area (Å²) in [5, 5.41) is 1.35. The van der Waals surface area contributed by atoms with E-state index in [1.165, 1.54) is 55.6 Å². The lowest BCUT2D eigenvalue weighted by Crippen LogP contribution is -2.13. The van der Waals surface area contributed by atoms with E-state index in [0.29, 0.717) is 11.8 Å². The highest BCUT2D eigenvalue weighted by Gasteiger charge is 2.47. The molecular weight excluding hydrogens is 502 g/mol. The fraction of sp³-hybridized carbons (Fsp3) is 0.118. The van der Waals surface area contributed by atoms with Crippen molar-refractivity contribution in [2.45, 2.75) is 18.8 Å². The highest BCUT2D eigenvalue weighted by molar-refractivity contribution is 9.10. The van der Waals surface area contributed by atoms with Gasteiger partial charge in [0.25, 0.3) is 0 Å². The van der Waals surface area contributed by atoms with E-state index in [-0.39, 0.29) is 5.92 Å². The molecule has 36 heavy (non-hydrogen) atoms. The highest BCUT2D eigenvalue weighted by atomic mass is 79.9. The molecule has 0 fully saturated rings. The van der Waals surface area contributed by atoms with E-state index < -0.39 is 0 Å². The number of aryl methyl sites for hydroxylation is 1. The maximum atomic E-state index is 3.86. The van der Waals surface area contributed by atoms with Crippen molar-refractivity contribution >= 4 is 32.4 Å². The summed E-state index contributed by atoms with van der Waals surface area (Å²) in [5.74, 6) is 0.953. The van der Waals surface area contributed by atoms with E-state index in [0.717, 1.165) is 4.47 Å². The number of aromatic nitrogens is 1. The van der Waals surface area contributed by atoms with Gasteiger partial charge in [-0.2, -0.15) is 0 Å². The summed E-state index contributed by atoms with van der Waals surface area (Å²) in [6, 6.07) is 37.6. The summed E-state index contributed by atoms with van der Waals surface area (Å²) in [5.41, 5.74) is 12.1. The number of hydrogen-bond acceptors (Lipinski definition) is 0. The van der Waals surface area contributed by atoms with E-state index >= 15 is 0 Å². The summed E-state index contributed by atoms with van der Waals surface area (Å²) in [7, 11) is 0. The van der Waals surface area contributed by atoms with Gasteiger partial charge in [0, 0.05) is 38.8 Å². The second-order valence-electron chi connectivity index (χ2n) is 10.0. The molecule has 0 bridgehead atoms. The summed E-state index contributed by atoms with van der Waals surface area (Å²) in [6.45, 7) is 2.17. The number of benzene rings is 4. The lowest BCUT2D eigenvalue weighted by Gasteiger charge is -2.26. The molecule has 1 heterocycles. The molecule has 7 rings (SSSR count). The van der Waals surface area contributed by atoms with Gasteiger partial charge in [0.2, 0.25) is 0 Å². The fourth-order valence-corrected chi connectivity index (χ4v) is 6.69. The average Bonchev–Trinajstić information content (AvgIpc) is 3.57. The van der Waals surface area contributed by atoms with Gasteiger partial charge in [-0.05, 0) is 64.1 Å². The quantitative estimate of drug-likeness (QED) is 0.240. The Balaban J connectivity index is 1.50. The van der Waals surface area contributed by atoms with Gasteiger partial charge >= 0.3 is 0 Å². The van der Waals surface area contributed by atoms with Crippen LogP contribution >= 0.6 is 15.9 Å². The van der Waals surface area contributed by atoms with Crippen LogP contribution in [0.15, 0.2) is 125 Å². The number of fused-ring (bicyclic) bond motifs is 5. The Morgan fingerprint density at radius 2 is 1.44 bits per heavy atom. The minimum atomic E-state index is 0.280. The van der Waals surface area contributed by atoms with Crippen molar-refractivity contribution in [1.82, 2.24) is 4.98 Å². The molecule has 174 valence electrons. The first kappa shape index (κ1) is 21.6. The predicted octanol–water partition coefficient (Wildman–Crippen LogP) is 9.16. The van der Waals surface area contributed by atoms with Gasteiger partial charge in [0.1, 0.15) is 0 Å². The number of halogens is 1. The van der Waals surface area contributed by atoms with Crippen LogP contribution < -0.4 is 0 Å². The van der Waals surface area contributed by atoms with Crippen molar-refractivity contribution < 1.29 is 0 Å². The van der Waals surface area contributed by atoms with Crippen LogP contribution in [0.1, 0.15) is 45.3 Å². The maximum Gasteiger partial charge on any atom is 0.0462 e. The van der Waals surface area contributed by atoms with Gasteiger partial charge in [0.05, 0.1) is 0 Å². The van der Waals surface area contributed by atoms with Crippen LogP contribution in [-0.2, 0) is 0 Å². The van der Waals surface area contributed by atoms with Crippen LogP contribution in [0, 0.1) is 12.8 Å². The topological polar surface area (TPSA) is 15.8 Å². The van der Waals surface area contributed by atoms with Gasteiger partial charge in [-0.15, -0.1) is 0 Å². The minimum Gasteiger partial charge on any atom is -0.358 e. The minimum absolute atomic E-state index is 0.280. The fourth-order valence-electron chi connectivity index (χ4n) is 6.43. The molecule has 0 spiro atoms. The zero-order valence-electron chi connectivity index (χ0n) is 20.1. The molecule has 1 aromatic heterocycles. The Morgan fingerprint density at radius 3 is 2.11 bits per heavy atom. The number of rotatable bonds is 3. The maximum absolute atomic E-state index is 3.86. The van der Waals surface area contributed by atoms with Gasteiger partial charge in [-0.3, -0.25) is 0 Å². The molecule has 0 aliphatic heterocycles. The number of allylic oxidation sites excluding steroid dienone is 3. The van der Waals surface area contributed by atoms with Crippen LogP contribution in [0.25, 0.3) is 16.5 Å². The first-order valence-corrected chi connectivity index (χ1v) is 13.4. The predicted molar refractivity (Wildman–Crippen MR) is 153 cm³/mol. The number of nitrogens with one attached hydrogen (secondary N) is 1. The summed E-state index contributed by atoms with van der Waals surface area (Å²) in [4.78, 5) is 3.86. The van der Waals surface area contributed by atoms with E-state index in [1.54, 1.807) is 0 Å². The molecule has 3 unspecified atom stereocenters. The molecule has 5 aromatic rings. The first-order chi connectivity index (χ1) is 17.7. The molecular formula is C34H26BrN. The molecule has 1 nitrogen and oxygen atoms in total. The van der Waals surface area contributed by atoms with Crippen LogP contribution in [-0.4, -0.2) is 4.98 Å². The normalized spacial score (nSPS) is 20.1. The first-order valence-electron chi connectivity index (χ1n) is 12.6. The van der Waals surface area contributed by atoms with Crippen molar-refractivity contribution in [3.05, 3.63) is 159 Å². The Morgan fingerprint density at radius 1 is 0.778 bits per heavy atom. The molecule has 4 aromatic carbocycles. The van der Waals surface area contributed by atoms with Crippen LogP contribution in [0.3, 0.4) is 0 Å². The number of aromatic amines is 1. The molecule has 0 radical (unpaired) electrons. The Hall–Kier alpha value is -3.62. The molecule has 2 aliphatic rings. The van der Waals surface area contributed by atoms with Crippen LogP contribution in [0.2, 0.25) is 0 Å². The zero-order valence-corrected chi connectivity index (χ0v) is 21.7. The van der Waals surface area contributed by atoms with Gasteiger partial charge < -0.3 is 4.98 Å². The number of H-pyrrole nitrogens is 1. The van der Waals surface area contributed by atoms with Crippen molar-refractivity contribution in [2.24, 2.45) is 5.92 Å². The van der Waals surface area contributed by atoms with E-state index in [9.17, 15) is 0 Å². The lowest BCUT2D eigenvalue weighted by molar-refractivity contribution is 0.568. The van der Waals surface area contributed by atoms with E-state index in [1.807, 2.05) is 0 Å². The molecule has 3 atom stereocenters. The van der Waals surface area contributed by atoms with Crippen LogP contribution in [0.5, 0.6) is 0 Å². The van der Waals surface area contributed by atoms with Crippen molar-refractivity contribution in [3.63, 3.8) is 0 Å². The summed E-state index contributed by atoms with van der Waals surface area (Å²) >= 11 is 3.65. The third-order valence-corrected chi connectivity index (χ3v) is 8.43. The second-order valence-corrected chi connectivity index (χ2v) is 10.9. The molecule has 1 N–H and O–H groups in total. The Kier molecular flexibility index (Phi) is 5.11. The largest absolute Gasteiger partial charge is 0.358 e. The number of hydrogen-bond donors (Lipinski definition) is 1. The standard InChI is InChI=1S/C34H26BrN/c1-21-12-17-26-29(20-21)36-34-28-19-18-27(32(28)31(33(26)34)24-13-15-25(35)16-14-24)30(22-8-4-2-5-9-22)23-10-6-3-7-11-23/h2-20,28,31-32,36H,1H3. The van der Waals surface area contributed by atoms with Gasteiger partial charge in [0.15, 0.2) is 0 Å². The summed E-state index contributed by atoms with van der Waals surface area (Å²) < 4.78 is 1.12. The monoisotopic (exact) mass is 527 g/mol. The Bertz CT molecular complexity index is 1600. The molecule has 2 heteroatoms. The highest BCUT2D eigenvalue weighted by Crippen LogP contribution is 2.59. The zero-order chi connectivity index (χ0) is 24.2. The average molecular weight is 528 g/mol. The van der Waals surface area contributed by atoms with Crippen molar-refractivity contribution in [2.75, 3.05) is 0 Å².